The van der Waals surface area contributed by atoms with Gasteiger partial charge in [0.2, 0.25) is 5.88 Å². The van der Waals surface area contributed by atoms with Crippen LogP contribution in [0.4, 0.5) is 4.39 Å². The van der Waals surface area contributed by atoms with Crippen molar-refractivity contribution in [3.05, 3.63) is 23.6 Å². The number of nitrogens with one attached hydrogen (secondary N) is 1. The van der Waals surface area contributed by atoms with Crippen LogP contribution in [0.2, 0.25) is 0 Å². The van der Waals surface area contributed by atoms with E-state index in [0.29, 0.717) is 12.4 Å². The van der Waals surface area contributed by atoms with Crippen LogP contribution in [0.5, 0.6) is 5.88 Å². The lowest BCUT2D eigenvalue weighted by Crippen LogP contribution is -2.19. The van der Waals surface area contributed by atoms with Crippen LogP contribution in [0, 0.1) is 5.82 Å². The van der Waals surface area contributed by atoms with E-state index >= 15 is 0 Å². The zero-order chi connectivity index (χ0) is 13.5. The van der Waals surface area contributed by atoms with E-state index in [9.17, 15) is 4.39 Å². The first-order chi connectivity index (χ1) is 9.29. The highest BCUT2D eigenvalue weighted by molar-refractivity contribution is 5.26. The lowest BCUT2D eigenvalue weighted by atomic mass is 10.1. The molecule has 1 aliphatic rings. The first-order valence-corrected chi connectivity index (χ1v) is 7.31. The molecular weight excluding hydrogens is 243 g/mol. The third-order valence-corrected chi connectivity index (χ3v) is 3.54. The Morgan fingerprint density at radius 1 is 1.32 bits per heavy atom. The molecule has 1 N–H and O–H groups in total. The van der Waals surface area contributed by atoms with Gasteiger partial charge >= 0.3 is 0 Å². The van der Waals surface area contributed by atoms with Crippen molar-refractivity contribution in [2.24, 2.45) is 0 Å². The van der Waals surface area contributed by atoms with E-state index in [1.165, 1.54) is 37.9 Å². The van der Waals surface area contributed by atoms with Crippen LogP contribution in [0.25, 0.3) is 0 Å². The minimum Gasteiger partial charge on any atom is -0.474 e. The van der Waals surface area contributed by atoms with Crippen molar-refractivity contribution in [1.29, 1.82) is 0 Å². The number of ether oxygens (including phenoxy) is 1. The van der Waals surface area contributed by atoms with E-state index in [0.717, 1.165) is 24.9 Å². The Kier molecular flexibility index (Phi) is 5.58. The van der Waals surface area contributed by atoms with Crippen molar-refractivity contribution in [3.63, 3.8) is 0 Å². The van der Waals surface area contributed by atoms with Gasteiger partial charge in [0.25, 0.3) is 0 Å². The topological polar surface area (TPSA) is 34.2 Å². The molecule has 1 heterocycles. The molecule has 0 aromatic carbocycles. The Morgan fingerprint density at radius 3 is 2.74 bits per heavy atom. The molecule has 0 amide bonds. The Bertz CT molecular complexity index is 390. The minimum absolute atomic E-state index is 0.237. The van der Waals surface area contributed by atoms with Crippen LogP contribution in [-0.2, 0) is 6.54 Å². The lowest BCUT2D eigenvalue weighted by Gasteiger charge is -2.18. The summed E-state index contributed by atoms with van der Waals surface area (Å²) in [6.07, 6.45) is 8.66. The first-order valence-electron chi connectivity index (χ1n) is 7.31. The SMILES string of the molecule is CCNCc1cc(F)cnc1OC1CCCCCC1. The lowest BCUT2D eigenvalue weighted by molar-refractivity contribution is 0.173. The number of rotatable bonds is 5. The zero-order valence-electron chi connectivity index (χ0n) is 11.6. The fraction of sp³-hybridized carbons (Fsp3) is 0.667. The van der Waals surface area contributed by atoms with Crippen molar-refractivity contribution in [1.82, 2.24) is 10.3 Å². The number of hydrogen-bond acceptors (Lipinski definition) is 3. The molecule has 2 rings (SSSR count). The van der Waals surface area contributed by atoms with E-state index in [1.54, 1.807) is 0 Å². The van der Waals surface area contributed by atoms with Crippen molar-refractivity contribution in [2.45, 2.75) is 58.1 Å². The van der Waals surface area contributed by atoms with Crippen molar-refractivity contribution in [3.8, 4) is 5.88 Å². The summed E-state index contributed by atoms with van der Waals surface area (Å²) in [5.74, 6) is 0.287. The molecule has 1 saturated carbocycles. The predicted molar refractivity (Wildman–Crippen MR) is 73.7 cm³/mol. The highest BCUT2D eigenvalue weighted by Gasteiger charge is 2.16. The molecule has 0 bridgehead atoms. The number of halogens is 1. The van der Waals surface area contributed by atoms with Crippen LogP contribution in [0.1, 0.15) is 51.0 Å². The number of pyridine rings is 1. The third-order valence-electron chi connectivity index (χ3n) is 3.54. The van der Waals surface area contributed by atoms with Gasteiger partial charge in [-0.2, -0.15) is 0 Å². The summed E-state index contributed by atoms with van der Waals surface area (Å²) in [5.41, 5.74) is 0.811. The Balaban J connectivity index is 2.04. The second-order valence-corrected chi connectivity index (χ2v) is 5.13. The predicted octanol–water partition coefficient (Wildman–Crippen LogP) is 3.43. The van der Waals surface area contributed by atoms with E-state index < -0.39 is 0 Å². The quantitative estimate of drug-likeness (QED) is 0.829. The summed E-state index contributed by atoms with van der Waals surface area (Å²) in [5, 5.41) is 3.20. The van der Waals surface area contributed by atoms with Gasteiger partial charge in [-0.15, -0.1) is 0 Å². The van der Waals surface area contributed by atoms with Crippen LogP contribution >= 0.6 is 0 Å². The third kappa shape index (κ3) is 4.46. The molecule has 1 aromatic rings. The standard InChI is InChI=1S/C15H23FN2O/c1-2-17-10-12-9-13(16)11-18-15(12)19-14-7-5-3-4-6-8-14/h9,11,14,17H,2-8,10H2,1H3. The average Bonchev–Trinajstić information content (AvgIpc) is 2.67. The van der Waals surface area contributed by atoms with Gasteiger partial charge in [-0.3, -0.25) is 0 Å². The maximum Gasteiger partial charge on any atom is 0.218 e. The largest absolute Gasteiger partial charge is 0.474 e. The van der Waals surface area contributed by atoms with E-state index in [4.69, 9.17) is 4.74 Å². The molecule has 1 aromatic heterocycles. The van der Waals surface area contributed by atoms with Gasteiger partial charge in [0.1, 0.15) is 11.9 Å². The van der Waals surface area contributed by atoms with Crippen molar-refractivity contribution >= 4 is 0 Å². The van der Waals surface area contributed by atoms with Gasteiger partial charge in [0.05, 0.1) is 6.20 Å². The van der Waals surface area contributed by atoms with Gasteiger partial charge in [-0.25, -0.2) is 9.37 Å². The van der Waals surface area contributed by atoms with Gasteiger partial charge in [-0.1, -0.05) is 19.8 Å². The molecule has 0 radical (unpaired) electrons. The van der Waals surface area contributed by atoms with Gasteiger partial charge in [0.15, 0.2) is 0 Å². The first kappa shape index (κ1) is 14.3. The molecule has 106 valence electrons. The summed E-state index contributed by atoms with van der Waals surface area (Å²) in [6.45, 7) is 3.47. The van der Waals surface area contributed by atoms with Crippen LogP contribution in [-0.4, -0.2) is 17.6 Å². The zero-order valence-corrected chi connectivity index (χ0v) is 11.6. The van der Waals surface area contributed by atoms with Crippen LogP contribution in [0.15, 0.2) is 12.3 Å². The molecule has 0 atom stereocenters. The van der Waals surface area contributed by atoms with E-state index in [-0.39, 0.29) is 11.9 Å². The summed E-state index contributed by atoms with van der Waals surface area (Å²) < 4.78 is 19.3. The van der Waals surface area contributed by atoms with E-state index in [1.807, 2.05) is 6.92 Å². The fourth-order valence-electron chi connectivity index (χ4n) is 2.48. The maximum atomic E-state index is 13.3. The summed E-state index contributed by atoms with van der Waals surface area (Å²) in [4.78, 5) is 4.12. The molecule has 1 aliphatic carbocycles. The molecule has 0 unspecified atom stereocenters. The molecule has 0 spiro atoms. The Morgan fingerprint density at radius 2 is 2.05 bits per heavy atom. The Hall–Kier alpha value is -1.16. The summed E-state index contributed by atoms with van der Waals surface area (Å²) >= 11 is 0. The van der Waals surface area contributed by atoms with Crippen molar-refractivity contribution in [2.75, 3.05) is 6.54 Å². The highest BCUT2D eigenvalue weighted by Crippen LogP contribution is 2.24. The second kappa shape index (κ2) is 7.43. The molecule has 0 aliphatic heterocycles. The molecule has 3 nitrogen and oxygen atoms in total. The molecule has 0 saturated heterocycles. The van der Waals surface area contributed by atoms with Gasteiger partial charge in [0, 0.05) is 12.1 Å². The average molecular weight is 266 g/mol. The number of nitrogens with zero attached hydrogens (tertiary/aromatic N) is 1. The smallest absolute Gasteiger partial charge is 0.218 e. The monoisotopic (exact) mass is 266 g/mol. The van der Waals surface area contributed by atoms with Gasteiger partial charge < -0.3 is 10.1 Å². The highest BCUT2D eigenvalue weighted by atomic mass is 19.1. The summed E-state index contributed by atoms with van der Waals surface area (Å²) in [6, 6.07) is 1.52. The maximum absolute atomic E-state index is 13.3. The normalized spacial score (nSPS) is 17.2. The van der Waals surface area contributed by atoms with Crippen molar-refractivity contribution < 1.29 is 9.13 Å². The van der Waals surface area contributed by atoms with Gasteiger partial charge in [-0.05, 0) is 38.3 Å². The van der Waals surface area contributed by atoms with E-state index in [2.05, 4.69) is 10.3 Å². The minimum atomic E-state index is -0.305. The number of aromatic nitrogens is 1. The molecule has 4 heteroatoms. The van der Waals surface area contributed by atoms with Crippen LogP contribution in [0.3, 0.4) is 0 Å². The molecule has 19 heavy (non-hydrogen) atoms. The Labute approximate surface area is 114 Å². The fourth-order valence-corrected chi connectivity index (χ4v) is 2.48. The second-order valence-electron chi connectivity index (χ2n) is 5.13. The number of hydrogen-bond donors (Lipinski definition) is 1. The van der Waals surface area contributed by atoms with Crippen LogP contribution < -0.4 is 10.1 Å². The summed E-state index contributed by atoms with van der Waals surface area (Å²) in [7, 11) is 0. The molecular formula is C15H23FN2O. The molecule has 1 fully saturated rings.